The summed E-state index contributed by atoms with van der Waals surface area (Å²) in [6.45, 7) is 6.35. The van der Waals surface area contributed by atoms with Gasteiger partial charge in [0, 0.05) is 8.80 Å². The fourth-order valence-electron chi connectivity index (χ4n) is 3.85. The zero-order chi connectivity index (χ0) is 20.7. The van der Waals surface area contributed by atoms with Crippen molar-refractivity contribution in [2.24, 2.45) is 5.92 Å². The van der Waals surface area contributed by atoms with Crippen molar-refractivity contribution in [1.82, 2.24) is 0 Å². The Bertz CT molecular complexity index is 407. The molecule has 160 valence electrons. The van der Waals surface area contributed by atoms with Crippen LogP contribution >= 0.6 is 0 Å². The first-order valence-corrected chi connectivity index (χ1v) is 13.5. The summed E-state index contributed by atoms with van der Waals surface area (Å²) >= 11 is 0. The van der Waals surface area contributed by atoms with Crippen LogP contribution in [-0.4, -0.2) is 41.7 Å². The summed E-state index contributed by atoms with van der Waals surface area (Å²) in [5.74, 6) is -3.74. The number of hydrogen-bond donors (Lipinski definition) is 3. The van der Waals surface area contributed by atoms with Crippen molar-refractivity contribution in [3.05, 3.63) is 0 Å². The first kappa shape index (κ1) is 26.1. The van der Waals surface area contributed by atoms with E-state index in [-0.39, 0.29) is 12.5 Å². The lowest BCUT2D eigenvalue weighted by atomic mass is 9.84. The molecular weight excluding hydrogens is 360 g/mol. The summed E-state index contributed by atoms with van der Waals surface area (Å²) in [6, 6.07) is 2.14. The van der Waals surface area contributed by atoms with Crippen molar-refractivity contribution in [2.45, 2.75) is 115 Å². The summed E-state index contributed by atoms with van der Waals surface area (Å²) in [6.07, 6.45) is 10.4. The first-order valence-electron chi connectivity index (χ1n) is 11.0. The predicted octanol–water partition coefficient (Wildman–Crippen LogP) is 5.08. The summed E-state index contributed by atoms with van der Waals surface area (Å²) in [5.41, 5.74) is -2.12. The van der Waals surface area contributed by atoms with E-state index < -0.39 is 32.3 Å². The predicted molar refractivity (Wildman–Crippen MR) is 113 cm³/mol. The van der Waals surface area contributed by atoms with E-state index >= 15 is 0 Å². The standard InChI is InChI=1S/C21H42O5Si/c1-4-7-10-11-12-13-14-18(19(22)23)21(26,20(24)25)17-27(15-8-5-2)16-9-6-3/h18,26-27H,4-17H2,1-3H3,(H,22,23)(H,24,25). The Morgan fingerprint density at radius 1 is 0.815 bits per heavy atom. The van der Waals surface area contributed by atoms with Crippen molar-refractivity contribution < 1.29 is 24.9 Å². The molecule has 27 heavy (non-hydrogen) atoms. The maximum atomic E-state index is 11.9. The Balaban J connectivity index is 5.05. The van der Waals surface area contributed by atoms with Gasteiger partial charge in [-0.15, -0.1) is 0 Å². The average molecular weight is 403 g/mol. The van der Waals surface area contributed by atoms with Gasteiger partial charge in [0.15, 0.2) is 5.60 Å². The van der Waals surface area contributed by atoms with E-state index in [0.29, 0.717) is 6.42 Å². The van der Waals surface area contributed by atoms with Crippen LogP contribution in [0.3, 0.4) is 0 Å². The molecule has 0 aromatic heterocycles. The molecule has 0 fully saturated rings. The van der Waals surface area contributed by atoms with Crippen LogP contribution in [0, 0.1) is 5.92 Å². The lowest BCUT2D eigenvalue weighted by Crippen LogP contribution is -2.51. The molecule has 5 nitrogen and oxygen atoms in total. The smallest absolute Gasteiger partial charge is 0.336 e. The van der Waals surface area contributed by atoms with Crippen LogP contribution in [0.5, 0.6) is 0 Å². The molecule has 0 aliphatic heterocycles. The molecule has 0 bridgehead atoms. The third-order valence-electron chi connectivity index (χ3n) is 5.62. The van der Waals surface area contributed by atoms with Crippen LogP contribution in [0.15, 0.2) is 0 Å². The molecular formula is C21H42O5Si. The Morgan fingerprint density at radius 3 is 1.74 bits per heavy atom. The van der Waals surface area contributed by atoms with Gasteiger partial charge in [-0.3, -0.25) is 4.79 Å². The van der Waals surface area contributed by atoms with Crippen LogP contribution < -0.4 is 0 Å². The molecule has 3 N–H and O–H groups in total. The topological polar surface area (TPSA) is 94.8 Å². The zero-order valence-electron chi connectivity index (χ0n) is 17.7. The largest absolute Gasteiger partial charge is 0.481 e. The van der Waals surface area contributed by atoms with Gasteiger partial charge in [0.2, 0.25) is 0 Å². The molecule has 2 atom stereocenters. The van der Waals surface area contributed by atoms with Crippen molar-refractivity contribution in [1.29, 1.82) is 0 Å². The van der Waals surface area contributed by atoms with Crippen molar-refractivity contribution in [3.63, 3.8) is 0 Å². The van der Waals surface area contributed by atoms with Crippen LogP contribution in [-0.2, 0) is 9.59 Å². The minimum Gasteiger partial charge on any atom is -0.481 e. The second kappa shape index (κ2) is 15.1. The normalized spacial score (nSPS) is 14.9. The van der Waals surface area contributed by atoms with Gasteiger partial charge in [0.05, 0.1) is 5.92 Å². The highest BCUT2D eigenvalue weighted by atomic mass is 28.3. The Labute approximate surface area is 167 Å². The van der Waals surface area contributed by atoms with E-state index in [2.05, 4.69) is 20.8 Å². The van der Waals surface area contributed by atoms with Crippen molar-refractivity contribution >= 4 is 20.7 Å². The lowest BCUT2D eigenvalue weighted by molar-refractivity contribution is -0.172. The third kappa shape index (κ3) is 10.3. The molecule has 0 aromatic carbocycles. The number of carboxylic acid groups (broad SMARTS) is 2. The second-order valence-electron chi connectivity index (χ2n) is 8.03. The number of unbranched alkanes of at least 4 members (excludes halogenated alkanes) is 7. The van der Waals surface area contributed by atoms with E-state index in [0.717, 1.165) is 63.5 Å². The molecule has 0 spiro atoms. The first-order chi connectivity index (χ1) is 12.8. The van der Waals surface area contributed by atoms with Crippen LogP contribution in [0.4, 0.5) is 0 Å². The molecule has 0 aliphatic carbocycles. The van der Waals surface area contributed by atoms with Gasteiger partial charge in [0.25, 0.3) is 0 Å². The fraction of sp³-hybridized carbons (Fsp3) is 0.905. The minimum atomic E-state index is -2.12. The van der Waals surface area contributed by atoms with Gasteiger partial charge in [-0.05, 0) is 12.5 Å². The lowest BCUT2D eigenvalue weighted by Gasteiger charge is -2.33. The van der Waals surface area contributed by atoms with Crippen LogP contribution in [0.25, 0.3) is 0 Å². The summed E-state index contributed by atoms with van der Waals surface area (Å²) in [4.78, 5) is 23.8. The number of aliphatic carboxylic acids is 2. The van der Waals surface area contributed by atoms with Gasteiger partial charge in [0.1, 0.15) is 0 Å². The van der Waals surface area contributed by atoms with Gasteiger partial charge in [-0.2, -0.15) is 0 Å². The molecule has 0 rings (SSSR count). The van der Waals surface area contributed by atoms with E-state index in [4.69, 9.17) is 0 Å². The van der Waals surface area contributed by atoms with Gasteiger partial charge >= 0.3 is 11.9 Å². The Morgan fingerprint density at radius 2 is 1.30 bits per heavy atom. The molecule has 0 heterocycles. The van der Waals surface area contributed by atoms with E-state index in [9.17, 15) is 24.9 Å². The average Bonchev–Trinajstić information content (AvgIpc) is 2.62. The number of carboxylic acids is 2. The summed E-state index contributed by atoms with van der Waals surface area (Å²) < 4.78 is 0. The number of hydrogen-bond acceptors (Lipinski definition) is 3. The molecule has 0 radical (unpaired) electrons. The Hall–Kier alpha value is -0.883. The molecule has 0 aromatic rings. The van der Waals surface area contributed by atoms with Crippen molar-refractivity contribution in [3.8, 4) is 0 Å². The molecule has 6 heteroatoms. The van der Waals surface area contributed by atoms with E-state index in [1.54, 1.807) is 0 Å². The Kier molecular flexibility index (Phi) is 14.6. The van der Waals surface area contributed by atoms with Crippen LogP contribution in [0.1, 0.15) is 91.4 Å². The minimum absolute atomic E-state index is 0.176. The van der Waals surface area contributed by atoms with E-state index in [1.165, 1.54) is 6.42 Å². The number of carbonyl (C=O) groups is 2. The maximum absolute atomic E-state index is 11.9. The van der Waals surface area contributed by atoms with Crippen molar-refractivity contribution in [2.75, 3.05) is 0 Å². The molecule has 0 aliphatic rings. The van der Waals surface area contributed by atoms with Gasteiger partial charge < -0.3 is 15.3 Å². The monoisotopic (exact) mass is 402 g/mol. The molecule has 0 amide bonds. The van der Waals surface area contributed by atoms with Gasteiger partial charge in [-0.1, -0.05) is 97.1 Å². The summed E-state index contributed by atoms with van der Waals surface area (Å²) in [7, 11) is -1.50. The highest BCUT2D eigenvalue weighted by Crippen LogP contribution is 2.32. The van der Waals surface area contributed by atoms with E-state index in [1.807, 2.05) is 0 Å². The highest BCUT2D eigenvalue weighted by Gasteiger charge is 2.48. The van der Waals surface area contributed by atoms with Gasteiger partial charge in [-0.25, -0.2) is 4.79 Å². The number of rotatable bonds is 18. The second-order valence-corrected chi connectivity index (χ2v) is 11.3. The fourth-order valence-corrected chi connectivity index (χ4v) is 7.86. The zero-order valence-corrected chi connectivity index (χ0v) is 18.9. The molecule has 0 saturated carbocycles. The molecule has 0 saturated heterocycles. The SMILES string of the molecule is CCCCCCCCC(C(=O)O)C(O)(C[SiH](CCCC)CCCC)C(=O)O. The third-order valence-corrected chi connectivity index (χ3v) is 9.27. The highest BCUT2D eigenvalue weighted by molar-refractivity contribution is 6.59. The maximum Gasteiger partial charge on any atom is 0.336 e. The quantitative estimate of drug-likeness (QED) is 0.219. The van der Waals surface area contributed by atoms with Crippen LogP contribution in [0.2, 0.25) is 18.1 Å². The molecule has 2 unspecified atom stereocenters. The number of aliphatic hydroxyl groups is 1. The summed E-state index contributed by atoms with van der Waals surface area (Å²) in [5, 5.41) is 30.4.